The normalized spacial score (nSPS) is 16.3. The molecule has 7 nitrogen and oxygen atoms in total. The molecule has 1 amide bonds. The van der Waals surface area contributed by atoms with Crippen molar-refractivity contribution in [2.24, 2.45) is 17.8 Å². The van der Waals surface area contributed by atoms with E-state index in [-0.39, 0.29) is 11.8 Å². The SMILES string of the molecule is Cc1nn(COCCS(C)(C)C)c(C)c1-c1ccc(NC(=O)C(c2nc(F)c(-c3ccccc3)[nH]2)C(C2CC2)C2CC2)cc1. The van der Waals surface area contributed by atoms with Crippen molar-refractivity contribution in [3.8, 4) is 22.4 Å². The standard InChI is InChI=1S/C35H44FN5O2S/c1-22-29(23(2)41(40-22)21-43-19-20-44(3,4)5)24-15-17-28(18-16-24)37-35(42)31(30(25-11-12-25)26-13-14-26)34-38-32(33(36)39-34)27-9-7-6-8-10-27/h6-10,15-18,25-26,30-31H,11-14,19-21H2,1-5H3,(H,37,42)(H,38,39). The van der Waals surface area contributed by atoms with Crippen molar-refractivity contribution in [3.05, 3.63) is 77.8 Å². The monoisotopic (exact) mass is 617 g/mol. The van der Waals surface area contributed by atoms with Crippen LogP contribution in [0.3, 0.4) is 0 Å². The van der Waals surface area contributed by atoms with Gasteiger partial charge in [-0.05, 0) is 93.7 Å². The fourth-order valence-electron chi connectivity index (χ4n) is 6.33. The van der Waals surface area contributed by atoms with Crippen molar-refractivity contribution in [3.63, 3.8) is 0 Å². The van der Waals surface area contributed by atoms with Crippen molar-refractivity contribution in [1.29, 1.82) is 0 Å². The number of benzene rings is 2. The van der Waals surface area contributed by atoms with E-state index in [0.29, 0.717) is 35.8 Å². The van der Waals surface area contributed by atoms with Crippen LogP contribution < -0.4 is 5.32 Å². The van der Waals surface area contributed by atoms with Gasteiger partial charge >= 0.3 is 0 Å². The molecule has 2 saturated carbocycles. The molecule has 2 aliphatic carbocycles. The summed E-state index contributed by atoms with van der Waals surface area (Å²) in [6.45, 7) is 5.24. The Morgan fingerprint density at radius 3 is 2.30 bits per heavy atom. The van der Waals surface area contributed by atoms with Gasteiger partial charge in [-0.2, -0.15) is 9.49 Å². The molecule has 0 aliphatic heterocycles. The van der Waals surface area contributed by atoms with E-state index in [0.717, 1.165) is 66.1 Å². The Balaban J connectivity index is 1.20. The van der Waals surface area contributed by atoms with Gasteiger partial charge in [-0.3, -0.25) is 4.79 Å². The Kier molecular flexibility index (Phi) is 8.70. The van der Waals surface area contributed by atoms with Gasteiger partial charge in [0.1, 0.15) is 18.2 Å². The van der Waals surface area contributed by atoms with Crippen LogP contribution in [-0.2, 0) is 16.3 Å². The Morgan fingerprint density at radius 1 is 1.02 bits per heavy atom. The maximum Gasteiger partial charge on any atom is 0.238 e. The molecule has 2 aliphatic rings. The van der Waals surface area contributed by atoms with E-state index in [2.05, 4.69) is 41.0 Å². The molecule has 6 rings (SSSR count). The number of halogens is 1. The molecule has 1 atom stereocenters. The summed E-state index contributed by atoms with van der Waals surface area (Å²) in [4.78, 5) is 21.5. The number of rotatable bonds is 13. The largest absolute Gasteiger partial charge is 0.358 e. The predicted octanol–water partition coefficient (Wildman–Crippen LogP) is 7.52. The third-order valence-electron chi connectivity index (χ3n) is 8.91. The first-order valence-electron chi connectivity index (χ1n) is 15.6. The number of imidazole rings is 1. The van der Waals surface area contributed by atoms with Crippen molar-refractivity contribution < 1.29 is 13.9 Å². The van der Waals surface area contributed by atoms with Gasteiger partial charge in [0, 0.05) is 28.3 Å². The molecule has 0 spiro atoms. The Labute approximate surface area is 261 Å². The number of nitrogens with one attached hydrogen (secondary N) is 2. The number of aromatic amines is 1. The molecule has 4 aromatic rings. The van der Waals surface area contributed by atoms with Crippen LogP contribution >= 0.6 is 10.0 Å². The molecule has 9 heteroatoms. The van der Waals surface area contributed by atoms with E-state index in [9.17, 15) is 4.79 Å². The highest BCUT2D eigenvalue weighted by Crippen LogP contribution is 2.55. The maximum atomic E-state index is 15.2. The number of ether oxygens (including phenoxy) is 1. The number of aromatic nitrogens is 4. The van der Waals surface area contributed by atoms with Crippen LogP contribution in [0.2, 0.25) is 0 Å². The van der Waals surface area contributed by atoms with E-state index in [1.165, 1.54) is 0 Å². The highest BCUT2D eigenvalue weighted by atomic mass is 32.3. The topological polar surface area (TPSA) is 84.8 Å². The van der Waals surface area contributed by atoms with Gasteiger partial charge in [0.25, 0.3) is 0 Å². The summed E-state index contributed by atoms with van der Waals surface area (Å²) in [6.07, 6.45) is 11.3. The Bertz CT molecular complexity index is 1590. The minimum atomic E-state index is -0.595. The lowest BCUT2D eigenvalue weighted by Gasteiger charge is -2.25. The zero-order valence-electron chi connectivity index (χ0n) is 26.4. The maximum absolute atomic E-state index is 15.2. The molecule has 0 saturated heterocycles. The number of hydrogen-bond donors (Lipinski definition) is 2. The first kappa shape index (κ1) is 30.6. The molecule has 44 heavy (non-hydrogen) atoms. The number of hydrogen-bond acceptors (Lipinski definition) is 4. The number of anilines is 1. The Morgan fingerprint density at radius 2 is 1.68 bits per heavy atom. The lowest BCUT2D eigenvalue weighted by molar-refractivity contribution is -0.119. The molecule has 2 N–H and O–H groups in total. The van der Waals surface area contributed by atoms with E-state index in [4.69, 9.17) is 9.84 Å². The van der Waals surface area contributed by atoms with Gasteiger partial charge in [-0.1, -0.05) is 42.5 Å². The molecule has 234 valence electrons. The van der Waals surface area contributed by atoms with E-state index in [1.807, 2.05) is 66.2 Å². The highest BCUT2D eigenvalue weighted by Gasteiger charge is 2.49. The predicted molar refractivity (Wildman–Crippen MR) is 178 cm³/mol. The third-order valence-corrected chi connectivity index (χ3v) is 10.3. The molecular formula is C35H44FN5O2S. The average molecular weight is 618 g/mol. The quantitative estimate of drug-likeness (QED) is 0.152. The zero-order valence-corrected chi connectivity index (χ0v) is 27.2. The molecular weight excluding hydrogens is 573 g/mol. The summed E-state index contributed by atoms with van der Waals surface area (Å²) in [6, 6.07) is 17.3. The number of carbonyl (C=O) groups excluding carboxylic acids is 1. The first-order chi connectivity index (χ1) is 21.1. The second kappa shape index (κ2) is 12.5. The van der Waals surface area contributed by atoms with Crippen LogP contribution in [-0.4, -0.2) is 56.8 Å². The fraction of sp³-hybridized carbons (Fsp3) is 0.457. The molecule has 2 aromatic carbocycles. The van der Waals surface area contributed by atoms with Crippen molar-refractivity contribution >= 4 is 21.6 Å². The molecule has 0 bridgehead atoms. The van der Waals surface area contributed by atoms with Crippen LogP contribution in [0.5, 0.6) is 0 Å². The second-order valence-electron chi connectivity index (χ2n) is 13.3. The molecule has 2 heterocycles. The lowest BCUT2D eigenvalue weighted by Crippen LogP contribution is -2.31. The van der Waals surface area contributed by atoms with Crippen LogP contribution in [0, 0.1) is 37.5 Å². The average Bonchev–Trinajstić information content (AvgIpc) is 3.92. The Hall–Kier alpha value is -3.43. The van der Waals surface area contributed by atoms with Gasteiger partial charge in [0.05, 0.1) is 18.2 Å². The fourth-order valence-corrected chi connectivity index (χ4v) is 6.94. The molecule has 0 radical (unpaired) electrons. The minimum Gasteiger partial charge on any atom is -0.358 e. The van der Waals surface area contributed by atoms with Crippen LogP contribution in [0.1, 0.15) is 48.8 Å². The van der Waals surface area contributed by atoms with Gasteiger partial charge in [0.15, 0.2) is 0 Å². The number of amides is 1. The first-order valence-corrected chi connectivity index (χ1v) is 18.6. The van der Waals surface area contributed by atoms with E-state index >= 15 is 4.39 Å². The number of nitrogens with zero attached hydrogens (tertiary/aromatic N) is 3. The van der Waals surface area contributed by atoms with Crippen LogP contribution in [0.4, 0.5) is 10.1 Å². The molecule has 2 fully saturated rings. The third kappa shape index (κ3) is 6.94. The second-order valence-corrected chi connectivity index (χ2v) is 17.9. The van der Waals surface area contributed by atoms with Gasteiger partial charge in [-0.25, -0.2) is 19.7 Å². The summed E-state index contributed by atoms with van der Waals surface area (Å²) in [5, 5.41) is 7.88. The molecule has 1 unspecified atom stereocenters. The summed E-state index contributed by atoms with van der Waals surface area (Å²) >= 11 is 0. The van der Waals surface area contributed by atoms with Crippen molar-refractivity contribution in [2.75, 3.05) is 36.4 Å². The summed E-state index contributed by atoms with van der Waals surface area (Å²) in [7, 11) is -0.595. The van der Waals surface area contributed by atoms with Gasteiger partial charge in [-0.15, -0.1) is 0 Å². The van der Waals surface area contributed by atoms with Crippen LogP contribution in [0.15, 0.2) is 54.6 Å². The van der Waals surface area contributed by atoms with E-state index < -0.39 is 21.9 Å². The highest BCUT2D eigenvalue weighted by molar-refractivity contribution is 8.32. The van der Waals surface area contributed by atoms with Crippen molar-refractivity contribution in [1.82, 2.24) is 19.7 Å². The summed E-state index contributed by atoms with van der Waals surface area (Å²) < 4.78 is 23.0. The number of H-pyrrole nitrogens is 1. The van der Waals surface area contributed by atoms with Crippen molar-refractivity contribution in [2.45, 2.75) is 52.2 Å². The zero-order chi connectivity index (χ0) is 31.0. The number of carbonyl (C=O) groups is 1. The lowest BCUT2D eigenvalue weighted by atomic mass is 9.82. The minimum absolute atomic E-state index is 0.135. The smallest absolute Gasteiger partial charge is 0.238 e. The summed E-state index contributed by atoms with van der Waals surface area (Å²) in [5.74, 6) is 1.37. The molecule has 2 aromatic heterocycles. The van der Waals surface area contributed by atoms with Crippen LogP contribution in [0.25, 0.3) is 22.4 Å². The van der Waals surface area contributed by atoms with Gasteiger partial charge in [0.2, 0.25) is 11.9 Å². The van der Waals surface area contributed by atoms with E-state index in [1.54, 1.807) is 0 Å². The van der Waals surface area contributed by atoms with Gasteiger partial charge < -0.3 is 15.0 Å². The number of aryl methyl sites for hydroxylation is 1. The summed E-state index contributed by atoms with van der Waals surface area (Å²) in [5.41, 5.74) is 5.87.